The monoisotopic (exact) mass is 489 g/mol. The minimum absolute atomic E-state index is 0.0147. The minimum Gasteiger partial charge on any atom is -0.480 e. The Bertz CT molecular complexity index is 688. The first kappa shape index (κ1) is 30.7. The van der Waals surface area contributed by atoms with E-state index in [4.69, 9.17) is 11.5 Å². The molecule has 0 fully saturated rings. The zero-order chi connectivity index (χ0) is 25.7. The molecule has 11 nitrogen and oxygen atoms in total. The number of amides is 4. The zero-order valence-corrected chi connectivity index (χ0v) is 20.9. The lowest BCUT2D eigenvalue weighted by molar-refractivity contribution is -0.142. The van der Waals surface area contributed by atoms with E-state index in [2.05, 4.69) is 16.0 Å². The average molecular weight is 490 g/mol. The van der Waals surface area contributed by atoms with Gasteiger partial charge in [-0.25, -0.2) is 4.79 Å². The molecule has 190 valence electrons. The molecule has 33 heavy (non-hydrogen) atoms. The van der Waals surface area contributed by atoms with E-state index in [1.807, 2.05) is 34.0 Å². The van der Waals surface area contributed by atoms with Crippen LogP contribution in [0.3, 0.4) is 0 Å². The van der Waals surface area contributed by atoms with E-state index >= 15 is 0 Å². The highest BCUT2D eigenvalue weighted by molar-refractivity contribution is 7.98. The van der Waals surface area contributed by atoms with Crippen molar-refractivity contribution in [3.63, 3.8) is 0 Å². The smallest absolute Gasteiger partial charge is 0.326 e. The van der Waals surface area contributed by atoms with Crippen molar-refractivity contribution >= 4 is 41.4 Å². The molecule has 0 aromatic heterocycles. The Balaban J connectivity index is 5.48. The van der Waals surface area contributed by atoms with Crippen LogP contribution in [0.2, 0.25) is 0 Å². The first-order chi connectivity index (χ1) is 15.3. The third kappa shape index (κ3) is 13.1. The topological polar surface area (TPSA) is 194 Å². The second-order valence-electron chi connectivity index (χ2n) is 8.84. The van der Waals surface area contributed by atoms with Crippen molar-refractivity contribution in [3.8, 4) is 0 Å². The van der Waals surface area contributed by atoms with Crippen LogP contribution in [-0.2, 0) is 24.0 Å². The minimum atomic E-state index is -1.32. The predicted molar refractivity (Wildman–Crippen MR) is 127 cm³/mol. The Labute approximate surface area is 199 Å². The Hall–Kier alpha value is -2.34. The number of primary amides is 1. The van der Waals surface area contributed by atoms with Crippen LogP contribution >= 0.6 is 11.8 Å². The summed E-state index contributed by atoms with van der Waals surface area (Å²) in [5.74, 6) is -3.40. The fraction of sp³-hybridized carbons (Fsp3) is 0.762. The van der Waals surface area contributed by atoms with Gasteiger partial charge in [0.15, 0.2) is 0 Å². The van der Waals surface area contributed by atoms with Crippen molar-refractivity contribution in [1.29, 1.82) is 0 Å². The molecule has 0 aliphatic rings. The van der Waals surface area contributed by atoms with E-state index in [-0.39, 0.29) is 24.7 Å². The standard InChI is InChI=1S/C21H39N5O6S/c1-11(2)8-13(22)18(28)25-16(10-17(23)27)20(30)26-15(9-12(3)4)19(29)24-14(21(31)32)6-7-33-5/h11-16H,6-10,22H2,1-5H3,(H2,23,27)(H,24,29)(H,25,28)(H,26,30)(H,31,32). The van der Waals surface area contributed by atoms with Crippen molar-refractivity contribution in [3.05, 3.63) is 0 Å². The molecular formula is C21H39N5O6S. The molecule has 4 amide bonds. The summed E-state index contributed by atoms with van der Waals surface area (Å²) in [5, 5.41) is 16.8. The molecule has 12 heteroatoms. The molecule has 0 saturated heterocycles. The van der Waals surface area contributed by atoms with Gasteiger partial charge in [0.25, 0.3) is 0 Å². The van der Waals surface area contributed by atoms with Crippen LogP contribution in [0.4, 0.5) is 0 Å². The molecule has 4 atom stereocenters. The summed E-state index contributed by atoms with van der Waals surface area (Å²) in [6.07, 6.45) is 2.16. The Morgan fingerprint density at radius 2 is 1.30 bits per heavy atom. The number of carboxylic acids is 1. The van der Waals surface area contributed by atoms with Crippen LogP contribution in [0.15, 0.2) is 0 Å². The summed E-state index contributed by atoms with van der Waals surface area (Å²) in [6.45, 7) is 7.45. The van der Waals surface area contributed by atoms with Gasteiger partial charge in [0, 0.05) is 0 Å². The maximum atomic E-state index is 12.9. The van der Waals surface area contributed by atoms with Crippen molar-refractivity contribution in [2.75, 3.05) is 12.0 Å². The lowest BCUT2D eigenvalue weighted by Crippen LogP contribution is -2.58. The maximum Gasteiger partial charge on any atom is 0.326 e. The van der Waals surface area contributed by atoms with Gasteiger partial charge in [0.2, 0.25) is 23.6 Å². The number of thioether (sulfide) groups is 1. The second-order valence-corrected chi connectivity index (χ2v) is 9.82. The van der Waals surface area contributed by atoms with Crippen LogP contribution < -0.4 is 27.4 Å². The molecule has 0 aromatic carbocycles. The molecule has 0 aliphatic heterocycles. The van der Waals surface area contributed by atoms with Gasteiger partial charge in [-0.3, -0.25) is 19.2 Å². The number of hydrogen-bond donors (Lipinski definition) is 6. The largest absolute Gasteiger partial charge is 0.480 e. The molecule has 8 N–H and O–H groups in total. The first-order valence-corrected chi connectivity index (χ1v) is 12.3. The van der Waals surface area contributed by atoms with Crippen LogP contribution in [-0.4, -0.2) is 70.9 Å². The molecule has 0 saturated carbocycles. The quantitative estimate of drug-likeness (QED) is 0.168. The Morgan fingerprint density at radius 1 is 0.818 bits per heavy atom. The molecule has 0 bridgehead atoms. The number of carbonyl (C=O) groups is 5. The van der Waals surface area contributed by atoms with Crippen LogP contribution in [0.5, 0.6) is 0 Å². The molecule has 0 rings (SSSR count). The summed E-state index contributed by atoms with van der Waals surface area (Å²) in [6, 6.07) is -4.37. The summed E-state index contributed by atoms with van der Waals surface area (Å²) >= 11 is 1.45. The lowest BCUT2D eigenvalue weighted by atomic mass is 10.0. The molecule has 0 spiro atoms. The lowest BCUT2D eigenvalue weighted by Gasteiger charge is -2.26. The van der Waals surface area contributed by atoms with E-state index in [1.165, 1.54) is 11.8 Å². The van der Waals surface area contributed by atoms with Gasteiger partial charge >= 0.3 is 5.97 Å². The number of rotatable bonds is 16. The van der Waals surface area contributed by atoms with Gasteiger partial charge < -0.3 is 32.5 Å². The van der Waals surface area contributed by atoms with E-state index in [0.29, 0.717) is 12.2 Å². The van der Waals surface area contributed by atoms with Gasteiger partial charge in [-0.2, -0.15) is 11.8 Å². The maximum absolute atomic E-state index is 12.9. The summed E-state index contributed by atoms with van der Waals surface area (Å²) in [5.41, 5.74) is 11.1. The normalized spacial score (nSPS) is 14.8. The molecule has 0 aliphatic carbocycles. The third-order valence-electron chi connectivity index (χ3n) is 4.67. The number of carbonyl (C=O) groups excluding carboxylic acids is 4. The average Bonchev–Trinajstić information content (AvgIpc) is 2.68. The van der Waals surface area contributed by atoms with E-state index in [1.54, 1.807) is 0 Å². The van der Waals surface area contributed by atoms with Crippen molar-refractivity contribution in [1.82, 2.24) is 16.0 Å². The first-order valence-electron chi connectivity index (χ1n) is 10.9. The Kier molecular flexibility index (Phi) is 14.4. The van der Waals surface area contributed by atoms with Gasteiger partial charge in [0.05, 0.1) is 12.5 Å². The number of hydrogen-bond acceptors (Lipinski definition) is 7. The molecule has 0 heterocycles. The van der Waals surface area contributed by atoms with E-state index in [9.17, 15) is 29.1 Å². The highest BCUT2D eigenvalue weighted by Crippen LogP contribution is 2.09. The van der Waals surface area contributed by atoms with Crippen LogP contribution in [0, 0.1) is 11.8 Å². The third-order valence-corrected chi connectivity index (χ3v) is 5.31. The number of aliphatic carboxylic acids is 1. The number of nitrogens with two attached hydrogens (primary N) is 2. The fourth-order valence-corrected chi connectivity index (χ4v) is 3.52. The van der Waals surface area contributed by atoms with Gasteiger partial charge in [-0.05, 0) is 43.1 Å². The van der Waals surface area contributed by atoms with Crippen LogP contribution in [0.1, 0.15) is 53.4 Å². The van der Waals surface area contributed by atoms with Crippen molar-refractivity contribution in [2.45, 2.75) is 77.5 Å². The van der Waals surface area contributed by atoms with Crippen molar-refractivity contribution < 1.29 is 29.1 Å². The highest BCUT2D eigenvalue weighted by atomic mass is 32.2. The predicted octanol–water partition coefficient (Wildman–Crippen LogP) is -0.427. The zero-order valence-electron chi connectivity index (χ0n) is 20.1. The summed E-state index contributed by atoms with van der Waals surface area (Å²) in [7, 11) is 0. The molecular weight excluding hydrogens is 450 g/mol. The van der Waals surface area contributed by atoms with E-state index < -0.39 is 60.2 Å². The van der Waals surface area contributed by atoms with Crippen LogP contribution in [0.25, 0.3) is 0 Å². The second kappa shape index (κ2) is 15.5. The van der Waals surface area contributed by atoms with E-state index in [0.717, 1.165) is 0 Å². The van der Waals surface area contributed by atoms with Gasteiger partial charge in [-0.15, -0.1) is 0 Å². The molecule has 0 aromatic rings. The van der Waals surface area contributed by atoms with Gasteiger partial charge in [0.1, 0.15) is 18.1 Å². The van der Waals surface area contributed by atoms with Crippen molar-refractivity contribution in [2.24, 2.45) is 23.3 Å². The molecule has 4 unspecified atom stereocenters. The van der Waals surface area contributed by atoms with Gasteiger partial charge in [-0.1, -0.05) is 27.7 Å². The summed E-state index contributed by atoms with van der Waals surface area (Å²) in [4.78, 5) is 61.0. The number of carboxylic acid groups (broad SMARTS) is 1. The SMILES string of the molecule is CSCCC(NC(=O)C(CC(C)C)NC(=O)C(CC(N)=O)NC(=O)C(N)CC(C)C)C(=O)O. The highest BCUT2D eigenvalue weighted by Gasteiger charge is 2.31. The number of nitrogens with one attached hydrogen (secondary N) is 3. The Morgan fingerprint density at radius 3 is 1.76 bits per heavy atom. The summed E-state index contributed by atoms with van der Waals surface area (Å²) < 4.78 is 0. The molecule has 0 radical (unpaired) electrons. The fourth-order valence-electron chi connectivity index (χ4n) is 3.04.